The third-order valence-electron chi connectivity index (χ3n) is 2.84. The summed E-state index contributed by atoms with van der Waals surface area (Å²) in [6.07, 6.45) is 1.86. The van der Waals surface area contributed by atoms with Crippen LogP contribution in [0.4, 0.5) is 0 Å². The lowest BCUT2D eigenvalue weighted by atomic mass is 10.1. The number of carbonyl (C=O) groups is 1. The molecule has 1 unspecified atom stereocenters. The fourth-order valence-corrected chi connectivity index (χ4v) is 4.64. The molecular weight excluding hydrogens is 262 g/mol. The Morgan fingerprint density at radius 2 is 2.24 bits per heavy atom. The molecule has 1 aliphatic heterocycles. The largest absolute Gasteiger partial charge is 0.480 e. The number of thiophene rings is 1. The zero-order chi connectivity index (χ0) is 12.5. The van der Waals surface area contributed by atoms with Crippen molar-refractivity contribution >= 4 is 27.3 Å². The first-order chi connectivity index (χ1) is 8.03. The number of hydrogen-bond donors (Lipinski definition) is 1. The molecule has 1 saturated heterocycles. The maximum atomic E-state index is 12.2. The molecule has 1 aromatic heterocycles. The lowest BCUT2D eigenvalue weighted by molar-refractivity contribution is -0.142. The molecule has 0 aromatic carbocycles. The molecule has 0 bridgehead atoms. The highest BCUT2D eigenvalue weighted by Gasteiger charge is 2.37. The Bertz CT molecular complexity index is 494. The van der Waals surface area contributed by atoms with Gasteiger partial charge in [0.25, 0.3) is 0 Å². The molecule has 1 atom stereocenters. The molecule has 7 heteroatoms. The van der Waals surface area contributed by atoms with Crippen molar-refractivity contribution in [3.8, 4) is 0 Å². The van der Waals surface area contributed by atoms with E-state index in [9.17, 15) is 13.2 Å². The summed E-state index contributed by atoms with van der Waals surface area (Å²) in [7, 11) is -3.65. The Balaban J connectivity index is 2.34. The highest BCUT2D eigenvalue weighted by Crippen LogP contribution is 2.26. The van der Waals surface area contributed by atoms with Crippen molar-refractivity contribution in [3.05, 3.63) is 16.8 Å². The minimum absolute atomic E-state index is 0.190. The van der Waals surface area contributed by atoms with Crippen LogP contribution in [-0.4, -0.2) is 36.4 Å². The van der Waals surface area contributed by atoms with Crippen molar-refractivity contribution in [1.82, 2.24) is 4.31 Å². The predicted molar refractivity (Wildman–Crippen MR) is 63.5 cm³/mol. The topological polar surface area (TPSA) is 74.7 Å². The molecule has 0 aliphatic carbocycles. The normalized spacial score (nSPS) is 22.5. The molecule has 1 fully saturated rings. The second kappa shape index (κ2) is 4.75. The van der Waals surface area contributed by atoms with E-state index in [1.54, 1.807) is 5.38 Å². The van der Waals surface area contributed by atoms with Gasteiger partial charge in [-0.2, -0.15) is 15.6 Å². The van der Waals surface area contributed by atoms with Gasteiger partial charge in [-0.1, -0.05) is 0 Å². The van der Waals surface area contributed by atoms with E-state index in [0.29, 0.717) is 12.8 Å². The molecule has 94 valence electrons. The van der Waals surface area contributed by atoms with Gasteiger partial charge in [-0.05, 0) is 30.7 Å². The van der Waals surface area contributed by atoms with Crippen LogP contribution in [0.1, 0.15) is 19.3 Å². The van der Waals surface area contributed by atoms with Crippen molar-refractivity contribution in [3.63, 3.8) is 0 Å². The van der Waals surface area contributed by atoms with Gasteiger partial charge in [-0.3, -0.25) is 4.79 Å². The Morgan fingerprint density at radius 1 is 1.47 bits per heavy atom. The number of hydrogen-bond acceptors (Lipinski definition) is 4. The van der Waals surface area contributed by atoms with Gasteiger partial charge in [-0.25, -0.2) is 8.42 Å². The van der Waals surface area contributed by atoms with Gasteiger partial charge in [0.05, 0.1) is 4.90 Å². The zero-order valence-electron chi connectivity index (χ0n) is 9.07. The minimum atomic E-state index is -3.65. The third kappa shape index (κ3) is 2.36. The quantitative estimate of drug-likeness (QED) is 0.904. The molecule has 0 spiro atoms. The van der Waals surface area contributed by atoms with E-state index in [1.807, 2.05) is 0 Å². The first-order valence-electron chi connectivity index (χ1n) is 5.30. The number of rotatable bonds is 3. The standard InChI is InChI=1S/C10H13NO4S2/c12-10(13)9-3-1-2-5-11(9)17(14,15)8-4-6-16-7-8/h4,6-7,9H,1-3,5H2,(H,12,13). The summed E-state index contributed by atoms with van der Waals surface area (Å²) in [6.45, 7) is 0.287. The monoisotopic (exact) mass is 275 g/mol. The average Bonchev–Trinajstić information content (AvgIpc) is 2.83. The van der Waals surface area contributed by atoms with E-state index in [4.69, 9.17) is 5.11 Å². The van der Waals surface area contributed by atoms with Crippen LogP contribution in [0, 0.1) is 0 Å². The van der Waals surface area contributed by atoms with Crippen LogP contribution < -0.4 is 0 Å². The third-order valence-corrected chi connectivity index (χ3v) is 5.58. The molecule has 0 saturated carbocycles. The molecule has 5 nitrogen and oxygen atoms in total. The van der Waals surface area contributed by atoms with Crippen LogP contribution in [0.3, 0.4) is 0 Å². The van der Waals surface area contributed by atoms with Crippen LogP contribution in [0.5, 0.6) is 0 Å². The van der Waals surface area contributed by atoms with Crippen LogP contribution in [0.15, 0.2) is 21.7 Å². The van der Waals surface area contributed by atoms with Gasteiger partial charge in [0.2, 0.25) is 10.0 Å². The van der Waals surface area contributed by atoms with E-state index < -0.39 is 22.0 Å². The molecule has 2 heterocycles. The zero-order valence-corrected chi connectivity index (χ0v) is 10.7. The molecule has 0 radical (unpaired) electrons. The Hall–Kier alpha value is -0.920. The van der Waals surface area contributed by atoms with Gasteiger partial charge >= 0.3 is 5.97 Å². The molecule has 2 rings (SSSR count). The fraction of sp³-hybridized carbons (Fsp3) is 0.500. The number of carboxylic acids is 1. The van der Waals surface area contributed by atoms with E-state index in [-0.39, 0.29) is 11.4 Å². The van der Waals surface area contributed by atoms with Crippen molar-refractivity contribution in [2.45, 2.75) is 30.2 Å². The molecular formula is C10H13NO4S2. The lowest BCUT2D eigenvalue weighted by Crippen LogP contribution is -2.47. The molecule has 17 heavy (non-hydrogen) atoms. The van der Waals surface area contributed by atoms with Gasteiger partial charge in [0.1, 0.15) is 6.04 Å². The Labute approximate surface area is 104 Å². The number of aliphatic carboxylic acids is 1. The average molecular weight is 275 g/mol. The summed E-state index contributed by atoms with van der Waals surface area (Å²) in [5.74, 6) is -1.07. The number of carboxylic acid groups (broad SMARTS) is 1. The second-order valence-corrected chi connectivity index (χ2v) is 6.60. The van der Waals surface area contributed by atoms with Crippen molar-refractivity contribution in [2.24, 2.45) is 0 Å². The predicted octanol–water partition coefficient (Wildman–Crippen LogP) is 1.38. The van der Waals surface area contributed by atoms with Gasteiger partial charge in [0.15, 0.2) is 0 Å². The Morgan fingerprint density at radius 3 is 2.82 bits per heavy atom. The highest BCUT2D eigenvalue weighted by molar-refractivity contribution is 7.89. The maximum Gasteiger partial charge on any atom is 0.322 e. The summed E-state index contributed by atoms with van der Waals surface area (Å²) in [4.78, 5) is 11.3. The molecule has 1 aromatic rings. The van der Waals surface area contributed by atoms with Crippen molar-refractivity contribution in [2.75, 3.05) is 6.54 Å². The minimum Gasteiger partial charge on any atom is -0.480 e. The van der Waals surface area contributed by atoms with Crippen LogP contribution in [0.2, 0.25) is 0 Å². The number of sulfonamides is 1. The maximum absolute atomic E-state index is 12.2. The van der Waals surface area contributed by atoms with E-state index in [1.165, 1.54) is 22.8 Å². The highest BCUT2D eigenvalue weighted by atomic mass is 32.2. The van der Waals surface area contributed by atoms with Crippen LogP contribution in [0.25, 0.3) is 0 Å². The van der Waals surface area contributed by atoms with Crippen LogP contribution >= 0.6 is 11.3 Å². The summed E-state index contributed by atoms with van der Waals surface area (Å²) < 4.78 is 25.6. The fourth-order valence-electron chi connectivity index (χ4n) is 1.97. The summed E-state index contributed by atoms with van der Waals surface area (Å²) >= 11 is 1.29. The lowest BCUT2D eigenvalue weighted by Gasteiger charge is -2.31. The first kappa shape index (κ1) is 12.5. The van der Waals surface area contributed by atoms with Crippen molar-refractivity contribution < 1.29 is 18.3 Å². The molecule has 1 aliphatic rings. The molecule has 0 amide bonds. The first-order valence-corrected chi connectivity index (χ1v) is 7.68. The van der Waals surface area contributed by atoms with Crippen molar-refractivity contribution in [1.29, 1.82) is 0 Å². The smallest absolute Gasteiger partial charge is 0.322 e. The molecule has 1 N–H and O–H groups in total. The van der Waals surface area contributed by atoms with E-state index in [0.717, 1.165) is 10.7 Å². The number of nitrogens with zero attached hydrogens (tertiary/aromatic N) is 1. The van der Waals surface area contributed by atoms with Gasteiger partial charge in [0, 0.05) is 11.9 Å². The van der Waals surface area contributed by atoms with E-state index in [2.05, 4.69) is 0 Å². The SMILES string of the molecule is O=C(O)C1CCCCN1S(=O)(=O)c1ccsc1. The Kier molecular flexibility index (Phi) is 3.50. The van der Waals surface area contributed by atoms with E-state index >= 15 is 0 Å². The van der Waals surface area contributed by atoms with Crippen LogP contribution in [-0.2, 0) is 14.8 Å². The summed E-state index contributed by atoms with van der Waals surface area (Å²) in [6, 6.07) is 0.585. The second-order valence-electron chi connectivity index (χ2n) is 3.92. The summed E-state index contributed by atoms with van der Waals surface area (Å²) in [5.41, 5.74) is 0. The van der Waals surface area contributed by atoms with Gasteiger partial charge in [-0.15, -0.1) is 0 Å². The summed E-state index contributed by atoms with van der Waals surface area (Å²) in [5, 5.41) is 12.3. The number of piperidine rings is 1. The van der Waals surface area contributed by atoms with Gasteiger partial charge < -0.3 is 5.11 Å².